The highest BCUT2D eigenvalue weighted by Gasteiger charge is 2.44. The average molecular weight is 828 g/mol. The highest BCUT2D eigenvalue weighted by Crippen LogP contribution is 2.54. The first-order valence-corrected chi connectivity index (χ1v) is 24.6. The van der Waals surface area contributed by atoms with E-state index >= 15 is 0 Å². The molecule has 61 heavy (non-hydrogen) atoms. The predicted molar refractivity (Wildman–Crippen MR) is 245 cm³/mol. The van der Waals surface area contributed by atoms with Crippen LogP contribution in [0.15, 0.2) is 78.9 Å². The third kappa shape index (κ3) is 10.5. The normalized spacial score (nSPS) is 27.8. The minimum Gasteiger partial charge on any atom is -0.338 e. The lowest BCUT2D eigenvalue weighted by atomic mass is 9.84. The summed E-state index contributed by atoms with van der Waals surface area (Å²) in [6.07, 6.45) is 19.9. The maximum Gasteiger partial charge on any atom is 0.315 e. The third-order valence-electron chi connectivity index (χ3n) is 15.8. The second kappa shape index (κ2) is 20.5. The lowest BCUT2D eigenvalue weighted by molar-refractivity contribution is 0.185. The van der Waals surface area contributed by atoms with E-state index in [1.807, 2.05) is 0 Å². The van der Waals surface area contributed by atoms with Crippen molar-refractivity contribution in [3.63, 3.8) is 0 Å². The van der Waals surface area contributed by atoms with Gasteiger partial charge in [-0.25, -0.2) is 9.59 Å². The third-order valence-corrected chi connectivity index (χ3v) is 15.8. The molecule has 0 aromatic heterocycles. The molecule has 4 atom stereocenters. The van der Waals surface area contributed by atoms with Gasteiger partial charge in [0.25, 0.3) is 0 Å². The molecule has 9 rings (SSSR count). The van der Waals surface area contributed by atoms with Crippen molar-refractivity contribution in [2.24, 2.45) is 11.8 Å². The van der Waals surface area contributed by atoms with E-state index < -0.39 is 0 Å². The van der Waals surface area contributed by atoms with Crippen LogP contribution < -0.4 is 21.3 Å². The molecule has 4 unspecified atom stereocenters. The summed E-state index contributed by atoms with van der Waals surface area (Å²) in [5.74, 6) is 1.55. The van der Waals surface area contributed by atoms with Gasteiger partial charge in [-0.15, -0.1) is 0 Å². The van der Waals surface area contributed by atoms with Crippen molar-refractivity contribution in [2.75, 3.05) is 39.3 Å². The summed E-state index contributed by atoms with van der Waals surface area (Å²) in [6, 6.07) is 32.0. The second-order valence-electron chi connectivity index (χ2n) is 19.6. The fraction of sp³-hybridized carbons (Fsp3) is 0.615. The van der Waals surface area contributed by atoms with E-state index in [9.17, 15) is 9.59 Å². The largest absolute Gasteiger partial charge is 0.338 e. The predicted octanol–water partition coefficient (Wildman–Crippen LogP) is 9.94. The Morgan fingerprint density at radius 3 is 1.36 bits per heavy atom. The van der Waals surface area contributed by atoms with Crippen molar-refractivity contribution in [1.82, 2.24) is 36.0 Å². The fourth-order valence-corrected chi connectivity index (χ4v) is 12.5. The van der Waals surface area contributed by atoms with Crippen LogP contribution in [-0.4, -0.2) is 78.1 Å². The van der Waals surface area contributed by atoms with Crippen molar-refractivity contribution in [3.05, 3.63) is 107 Å². The summed E-state index contributed by atoms with van der Waals surface area (Å²) < 4.78 is 0. The first-order chi connectivity index (χ1) is 30.1. The number of carbonyl (C=O) groups excluding carboxylic acids is 2. The van der Waals surface area contributed by atoms with Crippen LogP contribution in [0.2, 0.25) is 0 Å². The summed E-state index contributed by atoms with van der Waals surface area (Å²) >= 11 is 0. The van der Waals surface area contributed by atoms with E-state index in [1.165, 1.54) is 82.9 Å². The molecular weight excluding hydrogens is 755 g/mol. The molecule has 328 valence electrons. The van der Waals surface area contributed by atoms with Gasteiger partial charge in [0.2, 0.25) is 0 Å². The highest BCUT2D eigenvalue weighted by molar-refractivity contribution is 5.74. The topological polar surface area (TPSA) is 92.0 Å². The van der Waals surface area contributed by atoms with E-state index in [0.29, 0.717) is 43.3 Å². The van der Waals surface area contributed by atoms with Crippen molar-refractivity contribution in [3.8, 4) is 0 Å². The highest BCUT2D eigenvalue weighted by atomic mass is 16.2. The molecule has 3 aromatic rings. The Bertz CT molecular complexity index is 1810. The van der Waals surface area contributed by atoms with E-state index in [1.54, 1.807) is 22.3 Å². The number of rotatable bonds is 19. The molecule has 0 radical (unpaired) electrons. The zero-order chi connectivity index (χ0) is 41.4. The first-order valence-electron chi connectivity index (χ1n) is 24.6. The molecule has 3 aromatic carbocycles. The van der Waals surface area contributed by atoms with Crippen LogP contribution in [0.1, 0.15) is 161 Å². The Labute approximate surface area is 366 Å². The van der Waals surface area contributed by atoms with Gasteiger partial charge in [-0.2, -0.15) is 0 Å². The molecule has 0 spiro atoms. The quantitative estimate of drug-likeness (QED) is 0.0904. The first kappa shape index (κ1) is 42.4. The lowest BCUT2D eigenvalue weighted by Crippen LogP contribution is -2.44. The molecule has 2 aliphatic carbocycles. The molecule has 4 N–H and O–H groups in total. The standard InChI is InChI=1S/C52H73N7O2/c60-51(55-41-21-17-38(18-22-41)29-35-58-47-25-26-48(58)44-14-5-4-13-43(44)47)53-31-8-9-33-57(37-40-11-2-1-3-12-40)34-10-32-54-52(61)56-42-23-19-39(20-24-42)30-36-59-49-27-28-50(59)46-16-7-6-15-45(46)49/h1-7,11-16,38-39,41-42,47-50H,8-10,17-37H2,(H2,53,55,60)(H2,54,56,61). The number of amides is 4. The molecule has 2 saturated heterocycles. The van der Waals surface area contributed by atoms with E-state index in [0.717, 1.165) is 76.4 Å². The smallest absolute Gasteiger partial charge is 0.315 e. The Morgan fingerprint density at radius 1 is 0.492 bits per heavy atom. The number of hydrogen-bond acceptors (Lipinski definition) is 5. The SMILES string of the molecule is O=C(NCCCCN(CCCNC(=O)NC1CCC(CCN2C3CCC2c2ccccc23)CC1)Cc1ccccc1)NC1CCC(CCN2C3CCC2c2ccccc23)CC1. The maximum absolute atomic E-state index is 12.9. The van der Waals surface area contributed by atoms with Crippen LogP contribution in [0, 0.1) is 11.8 Å². The maximum atomic E-state index is 12.9. The van der Waals surface area contributed by atoms with Gasteiger partial charge in [-0.05, 0) is 168 Å². The van der Waals surface area contributed by atoms with Gasteiger partial charge in [0.15, 0.2) is 0 Å². The number of nitrogens with zero attached hydrogens (tertiary/aromatic N) is 3. The van der Waals surface area contributed by atoms with Crippen LogP contribution >= 0.6 is 0 Å². The zero-order valence-corrected chi connectivity index (χ0v) is 36.8. The molecule has 6 aliphatic rings. The van der Waals surface area contributed by atoms with Crippen LogP contribution in [0.25, 0.3) is 0 Å². The molecule has 4 amide bonds. The number of carbonyl (C=O) groups is 2. The second-order valence-corrected chi connectivity index (χ2v) is 19.6. The fourth-order valence-electron chi connectivity index (χ4n) is 12.5. The Hall–Kier alpha value is -3.92. The van der Waals surface area contributed by atoms with E-state index in [2.05, 4.69) is 115 Å². The Morgan fingerprint density at radius 2 is 0.902 bits per heavy atom. The monoisotopic (exact) mass is 828 g/mol. The van der Waals surface area contributed by atoms with Crippen molar-refractivity contribution in [1.29, 1.82) is 0 Å². The van der Waals surface area contributed by atoms with Crippen LogP contribution in [0.3, 0.4) is 0 Å². The van der Waals surface area contributed by atoms with E-state index in [-0.39, 0.29) is 18.1 Å². The van der Waals surface area contributed by atoms with Crippen molar-refractivity contribution in [2.45, 2.75) is 152 Å². The number of hydrogen-bond donors (Lipinski definition) is 4. The number of urea groups is 2. The number of benzene rings is 3. The van der Waals surface area contributed by atoms with E-state index in [4.69, 9.17) is 0 Å². The van der Waals surface area contributed by atoms with Crippen LogP contribution in [-0.2, 0) is 6.54 Å². The van der Waals surface area contributed by atoms with Gasteiger partial charge in [0.1, 0.15) is 0 Å². The molecule has 4 fully saturated rings. The molecule has 9 nitrogen and oxygen atoms in total. The lowest BCUT2D eigenvalue weighted by Gasteiger charge is -2.31. The van der Waals surface area contributed by atoms with Gasteiger partial charge >= 0.3 is 12.1 Å². The Kier molecular flexibility index (Phi) is 14.3. The van der Waals surface area contributed by atoms with Crippen molar-refractivity contribution >= 4 is 12.1 Å². The molecule has 4 bridgehead atoms. The zero-order valence-electron chi connectivity index (χ0n) is 36.8. The Balaban J connectivity index is 0.613. The molecule has 2 saturated carbocycles. The number of fused-ring (bicyclic) bond motifs is 10. The van der Waals surface area contributed by atoms with Crippen LogP contribution in [0.5, 0.6) is 0 Å². The average Bonchev–Trinajstić information content (AvgIpc) is 4.06. The minimum absolute atomic E-state index is 0.0101. The van der Waals surface area contributed by atoms with Gasteiger partial charge in [-0.3, -0.25) is 14.7 Å². The van der Waals surface area contributed by atoms with Gasteiger partial charge in [-0.1, -0.05) is 78.9 Å². The van der Waals surface area contributed by atoms with Gasteiger partial charge < -0.3 is 21.3 Å². The summed E-state index contributed by atoms with van der Waals surface area (Å²) in [5, 5.41) is 12.9. The summed E-state index contributed by atoms with van der Waals surface area (Å²) in [5.41, 5.74) is 7.63. The van der Waals surface area contributed by atoms with Crippen LogP contribution in [0.4, 0.5) is 9.59 Å². The van der Waals surface area contributed by atoms with Crippen molar-refractivity contribution < 1.29 is 9.59 Å². The minimum atomic E-state index is -0.0161. The number of nitrogens with one attached hydrogen (secondary N) is 4. The summed E-state index contributed by atoms with van der Waals surface area (Å²) in [7, 11) is 0. The van der Waals surface area contributed by atoms with Gasteiger partial charge in [0, 0.05) is 62.4 Å². The molecule has 4 heterocycles. The summed E-state index contributed by atoms with van der Waals surface area (Å²) in [4.78, 5) is 33.8. The molecule has 9 heteroatoms. The number of unbranched alkanes of at least 4 members (excludes halogenated alkanes) is 1. The molecule has 4 aliphatic heterocycles. The molecular formula is C52H73N7O2. The summed E-state index contributed by atoms with van der Waals surface area (Å²) in [6.45, 7) is 6.57. The van der Waals surface area contributed by atoms with Gasteiger partial charge in [0.05, 0.1) is 0 Å².